The van der Waals surface area contributed by atoms with Gasteiger partial charge in [-0.05, 0) is 0 Å². The van der Waals surface area contributed by atoms with Crippen LogP contribution in [0.5, 0.6) is 0 Å². The van der Waals surface area contributed by atoms with Gasteiger partial charge in [0.1, 0.15) is 5.56 Å². The first kappa shape index (κ1) is 7.33. The van der Waals surface area contributed by atoms with E-state index in [0.29, 0.717) is 11.5 Å². The zero-order valence-corrected chi connectivity index (χ0v) is 5.34. The van der Waals surface area contributed by atoms with Crippen molar-refractivity contribution in [2.75, 3.05) is 0 Å². The minimum absolute atomic E-state index is 0.636. The minimum atomic E-state index is -4.52. The van der Waals surface area contributed by atoms with Gasteiger partial charge in [-0.1, -0.05) is 11.5 Å². The Morgan fingerprint density at radius 2 is 2.10 bits per heavy atom. The van der Waals surface area contributed by atoms with Crippen LogP contribution in [0, 0.1) is 0 Å². The summed E-state index contributed by atoms with van der Waals surface area (Å²) in [5.74, 6) is 0. The van der Waals surface area contributed by atoms with E-state index >= 15 is 0 Å². The van der Waals surface area contributed by atoms with Gasteiger partial charge in [0.2, 0.25) is 0 Å². The Kier molecular flexibility index (Phi) is 1.55. The van der Waals surface area contributed by atoms with Crippen LogP contribution < -0.4 is 5.56 Å². The number of alkyl halides is 3. The summed E-state index contributed by atoms with van der Waals surface area (Å²) in [6.45, 7) is 0. The highest BCUT2D eigenvalue weighted by molar-refractivity contribution is 7.03. The van der Waals surface area contributed by atoms with Gasteiger partial charge in [-0.2, -0.15) is 13.2 Å². The van der Waals surface area contributed by atoms with Crippen molar-refractivity contribution in [2.45, 2.75) is 6.18 Å². The van der Waals surface area contributed by atoms with Crippen LogP contribution in [0.2, 0.25) is 0 Å². The molecular weight excluding hydrogens is 167 g/mol. The molecule has 1 aromatic rings. The average molecular weight is 169 g/mol. The molecule has 1 aromatic heterocycles. The molecule has 0 saturated carbocycles. The number of hydrogen-bond acceptors (Lipinski definition) is 2. The molecule has 1 rings (SSSR count). The Balaban J connectivity index is 3.18. The molecule has 10 heavy (non-hydrogen) atoms. The maximum Gasteiger partial charge on any atom is 0.422 e. The average Bonchev–Trinajstić information content (AvgIpc) is 2.11. The number of H-pyrrole nitrogens is 1. The van der Waals surface area contributed by atoms with E-state index in [1.807, 2.05) is 4.37 Å². The fourth-order valence-electron chi connectivity index (χ4n) is 0.446. The molecule has 0 aliphatic heterocycles. The highest BCUT2D eigenvalue weighted by Crippen LogP contribution is 2.26. The zero-order chi connectivity index (χ0) is 7.78. The maximum atomic E-state index is 11.7. The highest BCUT2D eigenvalue weighted by atomic mass is 32.1. The lowest BCUT2D eigenvalue weighted by Gasteiger charge is -1.98. The molecule has 0 aliphatic rings. The van der Waals surface area contributed by atoms with Gasteiger partial charge in [0.05, 0.1) is 0 Å². The summed E-state index contributed by atoms with van der Waals surface area (Å²) in [5, 5.41) is 0.752. The van der Waals surface area contributed by atoms with Crippen molar-refractivity contribution < 1.29 is 13.2 Å². The van der Waals surface area contributed by atoms with E-state index < -0.39 is 17.3 Å². The summed E-state index contributed by atoms with van der Waals surface area (Å²) in [4.78, 5) is 10.3. The Bertz CT molecular complexity index is 273. The van der Waals surface area contributed by atoms with Gasteiger partial charge < -0.3 is 0 Å². The second-order valence-electron chi connectivity index (χ2n) is 1.58. The summed E-state index contributed by atoms with van der Waals surface area (Å²) < 4.78 is 36.9. The standard InChI is InChI=1S/C4H2F3NOS/c5-4(6,7)2-1-10-8-3(2)9/h1H,(H,8,9). The molecule has 0 aromatic carbocycles. The molecule has 0 bridgehead atoms. The van der Waals surface area contributed by atoms with Crippen LogP contribution in [0.25, 0.3) is 0 Å². The van der Waals surface area contributed by atoms with E-state index in [4.69, 9.17) is 0 Å². The lowest BCUT2D eigenvalue weighted by Crippen LogP contribution is -2.15. The second-order valence-corrected chi connectivity index (χ2v) is 2.25. The molecule has 1 N–H and O–H groups in total. The van der Waals surface area contributed by atoms with Crippen LogP contribution >= 0.6 is 11.5 Å². The molecule has 0 amide bonds. The van der Waals surface area contributed by atoms with Crippen LogP contribution in [0.4, 0.5) is 13.2 Å². The molecule has 0 unspecified atom stereocenters. The molecule has 6 heteroatoms. The number of rotatable bonds is 0. The third-order valence-corrected chi connectivity index (χ3v) is 1.54. The monoisotopic (exact) mass is 169 g/mol. The third-order valence-electron chi connectivity index (χ3n) is 0.878. The molecule has 0 aliphatic carbocycles. The van der Waals surface area contributed by atoms with Gasteiger partial charge in [0, 0.05) is 5.38 Å². The van der Waals surface area contributed by atoms with Crippen molar-refractivity contribution in [3.05, 3.63) is 21.3 Å². The molecule has 0 fully saturated rings. The Hall–Kier alpha value is -0.780. The van der Waals surface area contributed by atoms with Crippen LogP contribution in [-0.4, -0.2) is 4.37 Å². The maximum absolute atomic E-state index is 11.7. The van der Waals surface area contributed by atoms with Crippen molar-refractivity contribution in [1.82, 2.24) is 4.37 Å². The molecule has 2 nitrogen and oxygen atoms in total. The topological polar surface area (TPSA) is 32.9 Å². The Morgan fingerprint density at radius 1 is 1.50 bits per heavy atom. The van der Waals surface area contributed by atoms with E-state index in [1.165, 1.54) is 0 Å². The zero-order valence-electron chi connectivity index (χ0n) is 4.53. The number of aromatic nitrogens is 1. The molecule has 0 atom stereocenters. The molecule has 0 spiro atoms. The van der Waals surface area contributed by atoms with E-state index in [1.54, 1.807) is 0 Å². The van der Waals surface area contributed by atoms with E-state index in [2.05, 4.69) is 0 Å². The summed E-state index contributed by atoms with van der Waals surface area (Å²) in [6, 6.07) is 0. The number of hydrogen-bond donors (Lipinski definition) is 1. The van der Waals surface area contributed by atoms with Gasteiger partial charge in [-0.15, -0.1) is 0 Å². The SMILES string of the molecule is O=c1[nH]scc1C(F)(F)F. The van der Waals surface area contributed by atoms with Gasteiger partial charge >= 0.3 is 6.18 Å². The quantitative estimate of drug-likeness (QED) is 0.626. The van der Waals surface area contributed by atoms with Crippen molar-refractivity contribution >= 4 is 11.5 Å². The molecule has 0 saturated heterocycles. The fourth-order valence-corrected chi connectivity index (χ4v) is 1.08. The van der Waals surface area contributed by atoms with Crippen LogP contribution in [0.15, 0.2) is 10.2 Å². The second kappa shape index (κ2) is 2.12. The van der Waals surface area contributed by atoms with Crippen LogP contribution in [0.1, 0.15) is 5.56 Å². The molecule has 1 heterocycles. The summed E-state index contributed by atoms with van der Waals surface area (Å²) in [7, 11) is 0. The first-order chi connectivity index (χ1) is 4.52. The Morgan fingerprint density at radius 3 is 2.30 bits per heavy atom. The summed E-state index contributed by atoms with van der Waals surface area (Å²) in [5.41, 5.74) is -2.20. The first-order valence-electron chi connectivity index (χ1n) is 2.25. The van der Waals surface area contributed by atoms with Crippen molar-refractivity contribution in [1.29, 1.82) is 0 Å². The fraction of sp³-hybridized carbons (Fsp3) is 0.250. The largest absolute Gasteiger partial charge is 0.422 e. The first-order valence-corrected chi connectivity index (χ1v) is 3.13. The van der Waals surface area contributed by atoms with Crippen molar-refractivity contribution in [3.8, 4) is 0 Å². The molecular formula is C4H2F3NOS. The molecule has 56 valence electrons. The predicted molar refractivity (Wildman–Crippen MR) is 29.9 cm³/mol. The van der Waals surface area contributed by atoms with Crippen LogP contribution in [0.3, 0.4) is 0 Å². The van der Waals surface area contributed by atoms with Crippen molar-refractivity contribution in [2.24, 2.45) is 0 Å². The van der Waals surface area contributed by atoms with Gasteiger partial charge in [0.15, 0.2) is 0 Å². The summed E-state index contributed by atoms with van der Waals surface area (Å²) >= 11 is 0.636. The van der Waals surface area contributed by atoms with Crippen molar-refractivity contribution in [3.63, 3.8) is 0 Å². The lowest BCUT2D eigenvalue weighted by atomic mass is 10.4. The van der Waals surface area contributed by atoms with E-state index in [0.717, 1.165) is 5.38 Å². The van der Waals surface area contributed by atoms with Gasteiger partial charge in [0.25, 0.3) is 5.56 Å². The van der Waals surface area contributed by atoms with Gasteiger partial charge in [-0.25, -0.2) is 0 Å². The third kappa shape index (κ3) is 1.21. The number of aromatic amines is 1. The Labute approximate surface area is 57.5 Å². The molecule has 0 radical (unpaired) electrons. The van der Waals surface area contributed by atoms with E-state index in [-0.39, 0.29) is 0 Å². The highest BCUT2D eigenvalue weighted by Gasteiger charge is 2.34. The van der Waals surface area contributed by atoms with E-state index in [9.17, 15) is 18.0 Å². The minimum Gasteiger partial charge on any atom is -0.277 e. The normalized spacial score (nSPS) is 11.9. The van der Waals surface area contributed by atoms with Crippen LogP contribution in [-0.2, 0) is 6.18 Å². The van der Waals surface area contributed by atoms with Gasteiger partial charge in [-0.3, -0.25) is 9.17 Å². The lowest BCUT2D eigenvalue weighted by molar-refractivity contribution is -0.138. The smallest absolute Gasteiger partial charge is 0.277 e. The predicted octanol–water partition coefficient (Wildman–Crippen LogP) is 1.46. The number of nitrogens with one attached hydrogen (secondary N) is 1. The number of halogens is 3. The summed E-state index contributed by atoms with van der Waals surface area (Å²) in [6.07, 6.45) is -4.52.